The molecule has 0 aliphatic carbocycles. The van der Waals surface area contributed by atoms with Gasteiger partial charge >= 0.3 is 122 Å². The molecule has 3 heteroatoms. The van der Waals surface area contributed by atoms with Crippen LogP contribution in [0.1, 0.15) is 19.8 Å². The Hall–Kier alpha value is -1.60. The van der Waals surface area contributed by atoms with Crippen LogP contribution in [0.25, 0.3) is 0 Å². The molecule has 0 saturated heterocycles. The van der Waals surface area contributed by atoms with Crippen molar-refractivity contribution in [3.63, 3.8) is 0 Å². The standard InChI is InChI=1S/C16H18P.C12H11P.Pd/c1-2-3-14-17(15-10-6-4-7-11-15)16-12-8-5-9-13-16;1-3-7-11(8-4-1)13-12-9-5-2-6-10-12;/h4,6-13H,2-3,14H2,1H3;1-10,13H;. The van der Waals surface area contributed by atoms with E-state index in [1.54, 1.807) is 0 Å². The minimum absolute atomic E-state index is 0.186. The maximum atomic E-state index is 3.24. The average molecular weight is 534 g/mol. The Morgan fingerprint density at radius 3 is 1.55 bits per heavy atom. The summed E-state index contributed by atoms with van der Waals surface area (Å²) in [6.45, 7) is 2.27. The minimum Gasteiger partial charge on any atom is -0.0622 e. The van der Waals surface area contributed by atoms with Crippen LogP contribution in [-0.4, -0.2) is 6.16 Å². The second-order valence-electron chi connectivity index (χ2n) is 7.14. The van der Waals surface area contributed by atoms with Gasteiger partial charge in [-0.1, -0.05) is 69.2 Å². The fraction of sp³-hybridized carbons (Fsp3) is 0.143. The Bertz CT molecular complexity index is 950. The Labute approximate surface area is 201 Å². The molecule has 0 N–H and O–H groups in total. The quantitative estimate of drug-likeness (QED) is 0.220. The van der Waals surface area contributed by atoms with Crippen LogP contribution >= 0.6 is 16.5 Å². The van der Waals surface area contributed by atoms with E-state index in [0.717, 1.165) is 8.58 Å². The van der Waals surface area contributed by atoms with Crippen LogP contribution in [0.5, 0.6) is 0 Å². The van der Waals surface area contributed by atoms with Crippen LogP contribution in [0.4, 0.5) is 0 Å². The van der Waals surface area contributed by atoms with E-state index in [4.69, 9.17) is 0 Å². The van der Waals surface area contributed by atoms with Gasteiger partial charge in [-0.25, -0.2) is 0 Å². The molecule has 0 aromatic heterocycles. The Balaban J connectivity index is 0.000000185. The molecule has 0 saturated carbocycles. The summed E-state index contributed by atoms with van der Waals surface area (Å²) >= 11 is 3.24. The fourth-order valence-corrected chi connectivity index (χ4v) is 6.95. The van der Waals surface area contributed by atoms with Gasteiger partial charge < -0.3 is 0 Å². The van der Waals surface area contributed by atoms with E-state index in [2.05, 4.69) is 141 Å². The Morgan fingerprint density at radius 2 is 1.06 bits per heavy atom. The van der Waals surface area contributed by atoms with E-state index in [1.165, 1.54) is 44.3 Å². The summed E-state index contributed by atoms with van der Waals surface area (Å²) in [4.78, 5) is 0. The monoisotopic (exact) mass is 533 g/mol. The second-order valence-corrected chi connectivity index (χ2v) is 11.8. The summed E-state index contributed by atoms with van der Waals surface area (Å²) in [7, 11) is 0.591. The number of unbranched alkanes of at least 4 members (excludes halogenated alkanes) is 1. The summed E-state index contributed by atoms with van der Waals surface area (Å²) in [6.07, 6.45) is 3.86. The van der Waals surface area contributed by atoms with Gasteiger partial charge in [0, 0.05) is 0 Å². The van der Waals surface area contributed by atoms with Crippen molar-refractivity contribution >= 4 is 41.8 Å². The van der Waals surface area contributed by atoms with Crippen molar-refractivity contribution in [1.82, 2.24) is 0 Å². The summed E-state index contributed by atoms with van der Waals surface area (Å²) < 4.78 is 1.19. The largest absolute Gasteiger partial charge is 0.0622 e. The van der Waals surface area contributed by atoms with E-state index in [9.17, 15) is 0 Å². The van der Waals surface area contributed by atoms with Crippen molar-refractivity contribution in [2.45, 2.75) is 19.8 Å². The molecule has 0 heterocycles. The van der Waals surface area contributed by atoms with Gasteiger partial charge in [-0.2, -0.15) is 0 Å². The maximum absolute atomic E-state index is 3.24. The average Bonchev–Trinajstić information content (AvgIpc) is 2.83. The summed E-state index contributed by atoms with van der Waals surface area (Å²) in [5.74, 6) is 0. The zero-order chi connectivity index (χ0) is 21.7. The van der Waals surface area contributed by atoms with Gasteiger partial charge in [0.15, 0.2) is 0 Å². The molecule has 0 aliphatic rings. The number of rotatable bonds is 7. The molecule has 4 aromatic carbocycles. The topological polar surface area (TPSA) is 0 Å². The van der Waals surface area contributed by atoms with Crippen LogP contribution in [0.15, 0.2) is 115 Å². The molecule has 1 atom stereocenters. The second kappa shape index (κ2) is 13.7. The van der Waals surface area contributed by atoms with Gasteiger partial charge in [-0.3, -0.25) is 0 Å². The molecule has 0 aliphatic heterocycles. The molecule has 0 fully saturated rings. The van der Waals surface area contributed by atoms with Crippen LogP contribution in [0, 0.1) is 0 Å². The minimum atomic E-state index is -0.186. The predicted molar refractivity (Wildman–Crippen MR) is 139 cm³/mol. The molecule has 4 aromatic rings. The van der Waals surface area contributed by atoms with Crippen LogP contribution in [0.2, 0.25) is 0 Å². The third kappa shape index (κ3) is 8.45. The summed E-state index contributed by atoms with van der Waals surface area (Å²) in [6, 6.07) is 41.0. The van der Waals surface area contributed by atoms with Gasteiger partial charge in [-0.05, 0) is 10.6 Å². The third-order valence-corrected chi connectivity index (χ3v) is 9.13. The van der Waals surface area contributed by atoms with Crippen molar-refractivity contribution in [3.8, 4) is 0 Å². The van der Waals surface area contributed by atoms with Crippen molar-refractivity contribution < 1.29 is 19.2 Å². The van der Waals surface area contributed by atoms with Gasteiger partial charge in [0.1, 0.15) is 0 Å². The van der Waals surface area contributed by atoms with Crippen molar-refractivity contribution in [1.29, 1.82) is 0 Å². The fourth-order valence-electron chi connectivity index (χ4n) is 3.15. The molecular weight excluding hydrogens is 505 g/mol. The molecule has 0 nitrogen and oxygen atoms in total. The third-order valence-electron chi connectivity index (χ3n) is 4.76. The first kappa shape index (κ1) is 24.1. The van der Waals surface area contributed by atoms with Gasteiger partial charge in [-0.15, -0.1) is 0 Å². The molecule has 1 unspecified atom stereocenters. The Morgan fingerprint density at radius 1 is 0.613 bits per heavy atom. The van der Waals surface area contributed by atoms with E-state index in [0.29, 0.717) is 0 Å². The van der Waals surface area contributed by atoms with E-state index >= 15 is 0 Å². The first-order valence-electron chi connectivity index (χ1n) is 10.7. The maximum Gasteiger partial charge on any atom is -0.0226 e. The van der Waals surface area contributed by atoms with Crippen LogP contribution in [0.3, 0.4) is 0 Å². The number of hydrogen-bond donors (Lipinski definition) is 0. The molecule has 161 valence electrons. The molecular formula is C28H29P2Pd. The van der Waals surface area contributed by atoms with E-state index in [1.807, 2.05) is 0 Å². The number of hydrogen-bond acceptors (Lipinski definition) is 0. The number of benzene rings is 4. The zero-order valence-corrected chi connectivity index (χ0v) is 21.3. The van der Waals surface area contributed by atoms with Crippen LogP contribution in [-0.2, 0) is 19.2 Å². The smallest absolute Gasteiger partial charge is 0.0226 e. The van der Waals surface area contributed by atoms with Gasteiger partial charge in [0.25, 0.3) is 0 Å². The van der Waals surface area contributed by atoms with E-state index in [-0.39, 0.29) is 7.92 Å². The molecule has 4 rings (SSSR count). The first-order valence-corrected chi connectivity index (χ1v) is 14.0. The first-order chi connectivity index (χ1) is 15.3. The summed E-state index contributed by atoms with van der Waals surface area (Å²) in [5, 5.41) is 5.77. The molecule has 0 bridgehead atoms. The normalized spacial score (nSPS) is 11.3. The van der Waals surface area contributed by atoms with E-state index < -0.39 is 0 Å². The van der Waals surface area contributed by atoms with Crippen molar-refractivity contribution in [2.75, 3.05) is 6.16 Å². The van der Waals surface area contributed by atoms with Crippen molar-refractivity contribution in [3.05, 3.63) is 115 Å². The Kier molecular flexibility index (Phi) is 10.7. The predicted octanol–water partition coefficient (Wildman–Crippen LogP) is 5.41. The molecule has 0 amide bonds. The summed E-state index contributed by atoms with van der Waals surface area (Å²) in [5.41, 5.74) is 0. The van der Waals surface area contributed by atoms with Crippen molar-refractivity contribution in [2.24, 2.45) is 0 Å². The van der Waals surface area contributed by atoms with Gasteiger partial charge in [0.05, 0.1) is 0 Å². The van der Waals surface area contributed by atoms with Gasteiger partial charge in [0.2, 0.25) is 0 Å². The SMILES string of the molecule is CCCCP(c1ccccc1)c1cc[c]([Pd])cc1.c1ccc(Pc2ccccc2)cc1. The molecule has 0 radical (unpaired) electrons. The molecule has 0 spiro atoms. The van der Waals surface area contributed by atoms with Crippen LogP contribution < -0.4 is 25.3 Å². The zero-order valence-electron chi connectivity index (χ0n) is 17.9. The molecule has 31 heavy (non-hydrogen) atoms.